The third-order valence-corrected chi connectivity index (χ3v) is 3.95. The lowest BCUT2D eigenvalue weighted by molar-refractivity contribution is -0.297. The number of aliphatic carboxylic acids is 1. The lowest BCUT2D eigenvalue weighted by Crippen LogP contribution is -2.20. The first-order chi connectivity index (χ1) is 14.3. The van der Waals surface area contributed by atoms with Gasteiger partial charge in [0.1, 0.15) is 11.5 Å². The molecule has 0 unspecified atom stereocenters. The van der Waals surface area contributed by atoms with Gasteiger partial charge in [-0.1, -0.05) is 18.2 Å². The van der Waals surface area contributed by atoms with Crippen LogP contribution >= 0.6 is 0 Å². The van der Waals surface area contributed by atoms with Crippen LogP contribution in [-0.2, 0) is 9.59 Å². The fourth-order valence-corrected chi connectivity index (χ4v) is 2.64. The van der Waals surface area contributed by atoms with Crippen LogP contribution in [0.15, 0.2) is 48.6 Å². The average Bonchev–Trinajstić information content (AvgIpc) is 2.70. The zero-order valence-corrected chi connectivity index (χ0v) is 17.0. The molecule has 30 heavy (non-hydrogen) atoms. The fourth-order valence-electron chi connectivity index (χ4n) is 2.64. The van der Waals surface area contributed by atoms with E-state index in [9.17, 15) is 19.5 Å². The van der Waals surface area contributed by atoms with E-state index in [4.69, 9.17) is 9.47 Å². The van der Waals surface area contributed by atoms with Gasteiger partial charge in [-0.2, -0.15) is 0 Å². The predicted molar refractivity (Wildman–Crippen MR) is 111 cm³/mol. The van der Waals surface area contributed by atoms with Gasteiger partial charge < -0.3 is 30.0 Å². The molecule has 0 heterocycles. The molecule has 0 atom stereocenters. The van der Waals surface area contributed by atoms with Gasteiger partial charge in [0, 0.05) is 23.8 Å². The summed E-state index contributed by atoms with van der Waals surface area (Å²) in [5, 5.41) is 15.8. The Balaban J connectivity index is 2.39. The molecule has 8 heteroatoms. The number of anilines is 2. The summed E-state index contributed by atoms with van der Waals surface area (Å²) in [7, 11) is 0. The van der Waals surface area contributed by atoms with E-state index in [0.29, 0.717) is 36.3 Å². The van der Waals surface area contributed by atoms with Crippen LogP contribution in [0.1, 0.15) is 29.8 Å². The Morgan fingerprint density at radius 2 is 1.50 bits per heavy atom. The highest BCUT2D eigenvalue weighted by atomic mass is 16.5. The van der Waals surface area contributed by atoms with E-state index in [1.807, 2.05) is 19.1 Å². The molecule has 0 saturated carbocycles. The van der Waals surface area contributed by atoms with Crippen molar-refractivity contribution in [3.63, 3.8) is 0 Å². The van der Waals surface area contributed by atoms with Crippen molar-refractivity contribution in [2.75, 3.05) is 23.8 Å². The Labute approximate surface area is 174 Å². The summed E-state index contributed by atoms with van der Waals surface area (Å²) >= 11 is 0. The summed E-state index contributed by atoms with van der Waals surface area (Å²) in [6.07, 6.45) is 1.45. The first-order valence-electron chi connectivity index (χ1n) is 9.36. The van der Waals surface area contributed by atoms with Gasteiger partial charge in [0.05, 0.1) is 30.6 Å². The minimum atomic E-state index is -1.49. The Kier molecular flexibility index (Phi) is 7.99. The molecule has 0 bridgehead atoms. The van der Waals surface area contributed by atoms with Crippen LogP contribution in [-0.4, -0.2) is 31.0 Å². The van der Waals surface area contributed by atoms with Gasteiger partial charge in [0.2, 0.25) is 5.91 Å². The number of carboxylic acids is 1. The van der Waals surface area contributed by atoms with Crippen molar-refractivity contribution in [2.24, 2.45) is 0 Å². The molecule has 0 aliphatic heterocycles. The van der Waals surface area contributed by atoms with Gasteiger partial charge in [-0.3, -0.25) is 9.59 Å². The van der Waals surface area contributed by atoms with Gasteiger partial charge in [-0.25, -0.2) is 0 Å². The first kappa shape index (κ1) is 22.5. The zero-order chi connectivity index (χ0) is 22.1. The largest absolute Gasteiger partial charge is 0.545 e. The van der Waals surface area contributed by atoms with Crippen LogP contribution in [0.25, 0.3) is 0 Å². The molecule has 2 N–H and O–H groups in total. The lowest BCUT2D eigenvalue weighted by Gasteiger charge is -2.18. The van der Waals surface area contributed by atoms with Crippen LogP contribution in [0.5, 0.6) is 11.5 Å². The number of hydrogen-bond acceptors (Lipinski definition) is 6. The maximum Gasteiger partial charge on any atom is 0.256 e. The Morgan fingerprint density at radius 3 is 2.03 bits per heavy atom. The molecule has 2 aromatic rings. The number of hydrogen-bond donors (Lipinski definition) is 2. The number of rotatable bonds is 9. The van der Waals surface area contributed by atoms with Crippen molar-refractivity contribution in [1.82, 2.24) is 0 Å². The maximum absolute atomic E-state index is 12.7. The van der Waals surface area contributed by atoms with Crippen LogP contribution < -0.4 is 25.2 Å². The normalized spacial score (nSPS) is 10.5. The van der Waals surface area contributed by atoms with Crippen LogP contribution in [0.2, 0.25) is 0 Å². The summed E-state index contributed by atoms with van der Waals surface area (Å²) < 4.78 is 11.2. The van der Waals surface area contributed by atoms with Crippen molar-refractivity contribution in [2.45, 2.75) is 20.8 Å². The van der Waals surface area contributed by atoms with Crippen molar-refractivity contribution in [3.8, 4) is 11.5 Å². The van der Waals surface area contributed by atoms with Crippen LogP contribution in [0.3, 0.4) is 0 Å². The Hall–Kier alpha value is -3.81. The van der Waals surface area contributed by atoms with E-state index in [1.165, 1.54) is 6.07 Å². The second-order valence-electron chi connectivity index (χ2n) is 6.12. The van der Waals surface area contributed by atoms with E-state index in [1.54, 1.807) is 32.0 Å². The summed E-state index contributed by atoms with van der Waals surface area (Å²) in [5.41, 5.74) is 1.98. The highest BCUT2D eigenvalue weighted by Gasteiger charge is 2.17. The number of amides is 2. The quantitative estimate of drug-likeness (QED) is 0.612. The standard InChI is InChI=1S/C22H24N2O6/c1-4-29-18-13-17(24-22(28)15-9-7-6-8-14(15)3)19(30-5-2)12-16(18)23-20(25)10-11-21(26)27/h6-13H,4-5H2,1-3H3,(H,23,25)(H,24,28)(H,26,27)/p-1/b11-10+. The zero-order valence-electron chi connectivity index (χ0n) is 17.0. The molecule has 0 aliphatic rings. The molecule has 2 amide bonds. The molecule has 2 aromatic carbocycles. The van der Waals surface area contributed by atoms with Crippen molar-refractivity contribution in [1.29, 1.82) is 0 Å². The second kappa shape index (κ2) is 10.7. The van der Waals surface area contributed by atoms with E-state index in [0.717, 1.165) is 11.6 Å². The minimum Gasteiger partial charge on any atom is -0.545 e. The van der Waals surface area contributed by atoms with E-state index in [-0.39, 0.29) is 17.3 Å². The van der Waals surface area contributed by atoms with Gasteiger partial charge in [-0.15, -0.1) is 0 Å². The molecule has 0 spiro atoms. The molecular formula is C22H23N2O6-. The van der Waals surface area contributed by atoms with E-state index < -0.39 is 11.9 Å². The molecule has 0 fully saturated rings. The summed E-state index contributed by atoms with van der Waals surface area (Å²) in [6.45, 7) is 6.01. The lowest BCUT2D eigenvalue weighted by atomic mass is 10.1. The molecule has 158 valence electrons. The first-order valence-corrected chi connectivity index (χ1v) is 9.36. The van der Waals surface area contributed by atoms with E-state index in [2.05, 4.69) is 10.6 Å². The highest BCUT2D eigenvalue weighted by Crippen LogP contribution is 2.37. The third kappa shape index (κ3) is 6.10. The fraction of sp³-hybridized carbons (Fsp3) is 0.227. The third-order valence-electron chi connectivity index (χ3n) is 3.95. The molecule has 0 radical (unpaired) electrons. The van der Waals surface area contributed by atoms with Gasteiger partial charge >= 0.3 is 0 Å². The second-order valence-corrected chi connectivity index (χ2v) is 6.12. The van der Waals surface area contributed by atoms with Crippen molar-refractivity contribution < 1.29 is 29.0 Å². The highest BCUT2D eigenvalue weighted by molar-refractivity contribution is 6.07. The SMILES string of the molecule is CCOc1cc(NC(=O)c2ccccc2C)c(OCC)cc1NC(=O)/C=C/C(=O)[O-]. The predicted octanol–water partition coefficient (Wildman–Crippen LogP) is 2.29. The summed E-state index contributed by atoms with van der Waals surface area (Å²) in [4.78, 5) is 35.2. The minimum absolute atomic E-state index is 0.266. The average molecular weight is 411 g/mol. The molecular weight excluding hydrogens is 388 g/mol. The summed E-state index contributed by atoms with van der Waals surface area (Å²) in [6, 6.07) is 10.2. The number of nitrogens with one attached hydrogen (secondary N) is 2. The number of ether oxygens (including phenoxy) is 2. The molecule has 0 saturated heterocycles. The molecule has 0 aliphatic carbocycles. The number of carbonyl (C=O) groups excluding carboxylic acids is 3. The monoisotopic (exact) mass is 411 g/mol. The van der Waals surface area contributed by atoms with Crippen LogP contribution in [0.4, 0.5) is 11.4 Å². The Bertz CT molecular complexity index is 968. The Morgan fingerprint density at radius 1 is 0.933 bits per heavy atom. The molecule has 2 rings (SSSR count). The topological polar surface area (TPSA) is 117 Å². The molecule has 0 aromatic heterocycles. The van der Waals surface area contributed by atoms with Crippen molar-refractivity contribution in [3.05, 3.63) is 59.7 Å². The smallest absolute Gasteiger partial charge is 0.256 e. The molecule has 8 nitrogen and oxygen atoms in total. The van der Waals surface area contributed by atoms with Gasteiger partial charge in [-0.05, 0) is 38.5 Å². The van der Waals surface area contributed by atoms with Crippen molar-refractivity contribution >= 4 is 29.2 Å². The number of carboxylic acid groups (broad SMARTS) is 1. The van der Waals surface area contributed by atoms with E-state index >= 15 is 0 Å². The summed E-state index contributed by atoms with van der Waals surface area (Å²) in [5.74, 6) is -1.87. The number of benzene rings is 2. The maximum atomic E-state index is 12.7. The number of aryl methyl sites for hydroxylation is 1. The van der Waals surface area contributed by atoms with Gasteiger partial charge in [0.25, 0.3) is 5.91 Å². The number of carbonyl (C=O) groups is 3. The van der Waals surface area contributed by atoms with Crippen LogP contribution in [0, 0.1) is 6.92 Å². The van der Waals surface area contributed by atoms with Gasteiger partial charge in [0.15, 0.2) is 0 Å².